The van der Waals surface area contributed by atoms with E-state index in [0.29, 0.717) is 5.75 Å². The highest BCUT2D eigenvalue weighted by Gasteiger charge is 2.13. The van der Waals surface area contributed by atoms with Gasteiger partial charge in [-0.25, -0.2) is 8.42 Å². The van der Waals surface area contributed by atoms with E-state index in [4.69, 9.17) is 4.74 Å². The van der Waals surface area contributed by atoms with Crippen molar-refractivity contribution in [2.24, 2.45) is 0 Å². The van der Waals surface area contributed by atoms with Crippen LogP contribution in [0.4, 0.5) is 0 Å². The van der Waals surface area contributed by atoms with Crippen molar-refractivity contribution in [1.82, 2.24) is 10.3 Å². The fourth-order valence-corrected chi connectivity index (χ4v) is 1.84. The largest absolute Gasteiger partial charge is 0.497 e. The first-order valence-electron chi connectivity index (χ1n) is 4.38. The van der Waals surface area contributed by atoms with Crippen LogP contribution in [0.5, 0.6) is 5.75 Å². The zero-order chi connectivity index (χ0) is 12.2. The standard InChI is InChI=1S/C9H12N2O4S/c1-7(12)10-11-16(13,14)9-5-3-8(15-2)4-6-9/h3-6,11H,1-2H3,(H,10,12). The maximum atomic E-state index is 11.6. The molecule has 1 amide bonds. The number of benzene rings is 1. The second-order valence-electron chi connectivity index (χ2n) is 2.96. The summed E-state index contributed by atoms with van der Waals surface area (Å²) in [7, 11) is -2.23. The molecule has 2 N–H and O–H groups in total. The van der Waals surface area contributed by atoms with Gasteiger partial charge in [0.15, 0.2) is 0 Å². The van der Waals surface area contributed by atoms with Crippen molar-refractivity contribution in [2.75, 3.05) is 7.11 Å². The van der Waals surface area contributed by atoms with E-state index in [1.165, 1.54) is 38.3 Å². The van der Waals surface area contributed by atoms with E-state index in [0.717, 1.165) is 0 Å². The SMILES string of the molecule is COc1ccc(S(=O)(=O)NNC(C)=O)cc1. The highest BCUT2D eigenvalue weighted by Crippen LogP contribution is 2.14. The average Bonchev–Trinajstić information content (AvgIpc) is 2.27. The van der Waals surface area contributed by atoms with Gasteiger partial charge in [0.05, 0.1) is 12.0 Å². The van der Waals surface area contributed by atoms with Gasteiger partial charge in [-0.2, -0.15) is 0 Å². The molecule has 0 aliphatic heterocycles. The van der Waals surface area contributed by atoms with Gasteiger partial charge in [-0.3, -0.25) is 10.2 Å². The number of hydrazine groups is 1. The highest BCUT2D eigenvalue weighted by atomic mass is 32.2. The summed E-state index contributed by atoms with van der Waals surface area (Å²) in [4.78, 5) is 12.6. The maximum Gasteiger partial charge on any atom is 0.257 e. The molecule has 0 saturated carbocycles. The van der Waals surface area contributed by atoms with Gasteiger partial charge in [0.1, 0.15) is 5.75 Å². The lowest BCUT2D eigenvalue weighted by atomic mass is 10.3. The van der Waals surface area contributed by atoms with Crippen molar-refractivity contribution < 1.29 is 17.9 Å². The molecule has 7 heteroatoms. The summed E-state index contributed by atoms with van der Waals surface area (Å²) in [5.41, 5.74) is 2.00. The lowest BCUT2D eigenvalue weighted by Crippen LogP contribution is -2.40. The zero-order valence-corrected chi connectivity index (χ0v) is 9.67. The first kappa shape index (κ1) is 12.5. The van der Waals surface area contributed by atoms with Crippen molar-refractivity contribution >= 4 is 15.9 Å². The van der Waals surface area contributed by atoms with E-state index in [-0.39, 0.29) is 4.90 Å². The number of ether oxygens (including phenoxy) is 1. The molecule has 0 heterocycles. The third-order valence-corrected chi connectivity index (χ3v) is 2.99. The number of sulfonamides is 1. The van der Waals surface area contributed by atoms with Crippen LogP contribution in [0.2, 0.25) is 0 Å². The number of hydrogen-bond acceptors (Lipinski definition) is 4. The molecule has 0 saturated heterocycles. The third kappa shape index (κ3) is 3.21. The zero-order valence-electron chi connectivity index (χ0n) is 8.85. The molecule has 1 rings (SSSR count). The summed E-state index contributed by atoms with van der Waals surface area (Å²) < 4.78 is 28.0. The van der Waals surface area contributed by atoms with Crippen molar-refractivity contribution in [3.63, 3.8) is 0 Å². The van der Waals surface area contributed by atoms with Gasteiger partial charge < -0.3 is 4.74 Å². The van der Waals surface area contributed by atoms with Gasteiger partial charge in [0, 0.05) is 6.92 Å². The van der Waals surface area contributed by atoms with E-state index in [9.17, 15) is 13.2 Å². The van der Waals surface area contributed by atoms with Crippen LogP contribution in [0.3, 0.4) is 0 Å². The highest BCUT2D eigenvalue weighted by molar-refractivity contribution is 7.89. The lowest BCUT2D eigenvalue weighted by Gasteiger charge is -2.07. The molecule has 88 valence electrons. The Morgan fingerprint density at radius 3 is 2.25 bits per heavy atom. The van der Waals surface area contributed by atoms with Crippen LogP contribution < -0.4 is 15.0 Å². The number of carbonyl (C=O) groups excluding carboxylic acids is 1. The summed E-state index contributed by atoms with van der Waals surface area (Å²) in [5, 5.41) is 0. The average molecular weight is 244 g/mol. The number of hydrogen-bond donors (Lipinski definition) is 2. The molecule has 0 bridgehead atoms. The Kier molecular flexibility index (Phi) is 3.86. The van der Waals surface area contributed by atoms with Crippen LogP contribution in [0, 0.1) is 0 Å². The Bertz CT molecular complexity index is 467. The fourth-order valence-electron chi connectivity index (χ4n) is 0.953. The molecule has 0 aliphatic carbocycles. The Morgan fingerprint density at radius 1 is 1.25 bits per heavy atom. The van der Waals surface area contributed by atoms with Gasteiger partial charge in [-0.05, 0) is 24.3 Å². The molecule has 0 aliphatic rings. The first-order valence-corrected chi connectivity index (χ1v) is 5.86. The van der Waals surface area contributed by atoms with E-state index in [2.05, 4.69) is 0 Å². The van der Waals surface area contributed by atoms with Crippen LogP contribution in [0.1, 0.15) is 6.92 Å². The van der Waals surface area contributed by atoms with Crippen LogP contribution >= 0.6 is 0 Å². The maximum absolute atomic E-state index is 11.6. The van der Waals surface area contributed by atoms with Gasteiger partial charge in [-0.1, -0.05) is 0 Å². The molecular formula is C9H12N2O4S. The number of rotatable bonds is 4. The first-order chi connectivity index (χ1) is 7.45. The van der Waals surface area contributed by atoms with Gasteiger partial charge in [0.2, 0.25) is 5.91 Å². The lowest BCUT2D eigenvalue weighted by molar-refractivity contribution is -0.119. The minimum absolute atomic E-state index is 0.0436. The Balaban J connectivity index is 2.85. The fraction of sp³-hybridized carbons (Fsp3) is 0.222. The monoisotopic (exact) mass is 244 g/mol. The van der Waals surface area contributed by atoms with E-state index < -0.39 is 15.9 Å². The quantitative estimate of drug-likeness (QED) is 0.731. The topological polar surface area (TPSA) is 84.5 Å². The Hall–Kier alpha value is -1.60. The molecule has 0 aromatic heterocycles. The second-order valence-corrected chi connectivity index (χ2v) is 4.64. The molecule has 6 nitrogen and oxygen atoms in total. The number of methoxy groups -OCH3 is 1. The van der Waals surface area contributed by atoms with Crippen molar-refractivity contribution in [2.45, 2.75) is 11.8 Å². The number of nitrogens with one attached hydrogen (secondary N) is 2. The Labute approximate surface area is 93.6 Å². The van der Waals surface area contributed by atoms with Gasteiger partial charge in [-0.15, -0.1) is 4.83 Å². The molecule has 0 radical (unpaired) electrons. The minimum atomic E-state index is -3.72. The van der Waals surface area contributed by atoms with Crippen LogP contribution in [0.25, 0.3) is 0 Å². The predicted octanol–water partition coefficient (Wildman–Crippen LogP) is 0.0246. The molecule has 0 spiro atoms. The van der Waals surface area contributed by atoms with Crippen molar-refractivity contribution in [3.05, 3.63) is 24.3 Å². The normalized spacial score (nSPS) is 10.9. The number of carbonyl (C=O) groups is 1. The minimum Gasteiger partial charge on any atom is -0.497 e. The third-order valence-electron chi connectivity index (χ3n) is 1.73. The van der Waals surface area contributed by atoms with E-state index >= 15 is 0 Å². The van der Waals surface area contributed by atoms with Crippen LogP contribution in [-0.4, -0.2) is 21.4 Å². The molecule has 16 heavy (non-hydrogen) atoms. The van der Waals surface area contributed by atoms with Gasteiger partial charge in [0.25, 0.3) is 10.0 Å². The Morgan fingerprint density at radius 2 is 1.81 bits per heavy atom. The summed E-state index contributed by atoms with van der Waals surface area (Å²) in [5.74, 6) is 0.0653. The number of amides is 1. The summed E-state index contributed by atoms with van der Waals surface area (Å²) in [6, 6.07) is 5.79. The van der Waals surface area contributed by atoms with E-state index in [1.54, 1.807) is 0 Å². The van der Waals surface area contributed by atoms with Gasteiger partial charge >= 0.3 is 0 Å². The van der Waals surface area contributed by atoms with Crippen LogP contribution in [0.15, 0.2) is 29.2 Å². The smallest absolute Gasteiger partial charge is 0.257 e. The van der Waals surface area contributed by atoms with Crippen molar-refractivity contribution in [1.29, 1.82) is 0 Å². The van der Waals surface area contributed by atoms with E-state index in [1.807, 2.05) is 10.3 Å². The van der Waals surface area contributed by atoms with Crippen molar-refractivity contribution in [3.8, 4) is 5.75 Å². The molecule has 1 aromatic carbocycles. The molecule has 0 unspecified atom stereocenters. The molecule has 0 atom stereocenters. The summed E-state index contributed by atoms with van der Waals surface area (Å²) in [6.07, 6.45) is 0. The predicted molar refractivity (Wildman–Crippen MR) is 57.1 cm³/mol. The second kappa shape index (κ2) is 4.95. The summed E-state index contributed by atoms with van der Waals surface area (Å²) >= 11 is 0. The summed E-state index contributed by atoms with van der Waals surface area (Å²) in [6.45, 7) is 1.20. The molecule has 1 aromatic rings. The molecular weight excluding hydrogens is 232 g/mol. The molecule has 0 fully saturated rings. The van der Waals surface area contributed by atoms with Crippen LogP contribution in [-0.2, 0) is 14.8 Å².